The Morgan fingerprint density at radius 1 is 1.27 bits per heavy atom. The Morgan fingerprint density at radius 3 is 2.46 bits per heavy atom. The lowest BCUT2D eigenvalue weighted by Crippen LogP contribution is -2.52. The van der Waals surface area contributed by atoms with Gasteiger partial charge in [0.25, 0.3) is 0 Å². The predicted octanol–water partition coefficient (Wildman–Crippen LogP) is 1.43. The number of hydrogen-bond acceptors (Lipinski definition) is 5. The van der Waals surface area contributed by atoms with Crippen molar-refractivity contribution in [3.8, 4) is 0 Å². The van der Waals surface area contributed by atoms with Crippen molar-refractivity contribution in [3.05, 3.63) is 33.6 Å². The Kier molecular flexibility index (Phi) is 3.65. The molecular weight excluding hydrogens is 346 g/mol. The summed E-state index contributed by atoms with van der Waals surface area (Å²) in [4.78, 5) is 25.4. The van der Waals surface area contributed by atoms with E-state index in [4.69, 9.17) is 11.5 Å². The van der Waals surface area contributed by atoms with Crippen molar-refractivity contribution >= 4 is 28.2 Å². The summed E-state index contributed by atoms with van der Waals surface area (Å²) in [6.45, 7) is 0.672. The molecule has 2 aromatic rings. The number of hydrogen-bond donors (Lipinski definition) is 3. The second-order valence-corrected chi connectivity index (χ2v) is 6.80. The molecule has 7 nitrogen and oxygen atoms in total. The first-order chi connectivity index (χ1) is 12.4. The summed E-state index contributed by atoms with van der Waals surface area (Å²) in [6, 6.07) is -0.333. The van der Waals surface area contributed by atoms with Crippen LogP contribution in [0.1, 0.15) is 35.7 Å². The van der Waals surface area contributed by atoms with Gasteiger partial charge in [-0.15, -0.1) is 0 Å². The van der Waals surface area contributed by atoms with Crippen LogP contribution >= 0.6 is 0 Å². The minimum atomic E-state index is -1.46. The van der Waals surface area contributed by atoms with E-state index in [0.717, 1.165) is 19.0 Å². The Morgan fingerprint density at radius 2 is 1.96 bits per heavy atom. The molecule has 1 aromatic heterocycles. The number of carboxylic acids is 1. The van der Waals surface area contributed by atoms with Crippen LogP contribution in [0.4, 0.5) is 20.2 Å². The maximum absolute atomic E-state index is 15.4. The highest BCUT2D eigenvalue weighted by Crippen LogP contribution is 2.42. The van der Waals surface area contributed by atoms with Crippen molar-refractivity contribution in [2.24, 2.45) is 5.73 Å². The second kappa shape index (κ2) is 5.66. The molecule has 1 aliphatic heterocycles. The molecule has 4 rings (SSSR count). The van der Waals surface area contributed by atoms with Crippen molar-refractivity contribution in [1.82, 2.24) is 4.57 Å². The van der Waals surface area contributed by atoms with Gasteiger partial charge in [0.1, 0.15) is 11.3 Å². The predicted molar refractivity (Wildman–Crippen MR) is 92.6 cm³/mol. The zero-order valence-electron chi connectivity index (χ0n) is 13.8. The summed E-state index contributed by atoms with van der Waals surface area (Å²) in [7, 11) is 0. The SMILES string of the molecule is NC[C@@H]1CCN1c1c(F)c(N)c2c(=O)c(C(=O)O)cn(C3CC3)c2c1F. The van der Waals surface area contributed by atoms with E-state index in [1.165, 1.54) is 9.47 Å². The number of nitrogens with two attached hydrogens (primary N) is 2. The smallest absolute Gasteiger partial charge is 0.341 e. The first kappa shape index (κ1) is 16.8. The normalized spacial score (nSPS) is 19.7. The van der Waals surface area contributed by atoms with Gasteiger partial charge in [0.05, 0.1) is 16.6 Å². The standard InChI is InChI=1S/C17H18F2N4O3/c18-11-13(21)10-14(12(19)15(11)22-4-3-8(22)5-20)23(7-1-2-7)6-9(16(10)24)17(25)26/h6-8H,1-5,20-21H2,(H,25,26)/t8-/m0/s1. The number of carbonyl (C=O) groups is 1. The van der Waals surface area contributed by atoms with Crippen LogP contribution in [-0.2, 0) is 0 Å². The molecule has 0 spiro atoms. The van der Waals surface area contributed by atoms with Crippen LogP contribution < -0.4 is 21.8 Å². The Hall–Kier alpha value is -2.68. The van der Waals surface area contributed by atoms with E-state index >= 15 is 4.39 Å². The number of carboxylic acid groups (broad SMARTS) is 1. The maximum atomic E-state index is 15.4. The fourth-order valence-electron chi connectivity index (χ4n) is 3.58. The first-order valence-electron chi connectivity index (χ1n) is 8.42. The van der Waals surface area contributed by atoms with Gasteiger partial charge in [-0.25, -0.2) is 13.6 Å². The zero-order valence-corrected chi connectivity index (χ0v) is 13.8. The molecule has 9 heteroatoms. The quantitative estimate of drug-likeness (QED) is 0.707. The van der Waals surface area contributed by atoms with Crippen molar-refractivity contribution in [3.63, 3.8) is 0 Å². The summed E-state index contributed by atoms with van der Waals surface area (Å²) in [5.41, 5.74) is 8.99. The van der Waals surface area contributed by atoms with Gasteiger partial charge in [-0.2, -0.15) is 0 Å². The van der Waals surface area contributed by atoms with Crippen LogP contribution in [0.15, 0.2) is 11.0 Å². The number of nitrogens with zero attached hydrogens (tertiary/aromatic N) is 2. The van der Waals surface area contributed by atoms with E-state index < -0.39 is 39.7 Å². The molecule has 2 fully saturated rings. The van der Waals surface area contributed by atoms with Gasteiger partial charge < -0.3 is 26.0 Å². The molecule has 26 heavy (non-hydrogen) atoms. The Labute approximate surface area is 146 Å². The number of pyridine rings is 1. The van der Waals surface area contributed by atoms with Gasteiger partial charge in [0.15, 0.2) is 11.6 Å². The molecule has 1 aliphatic carbocycles. The van der Waals surface area contributed by atoms with Gasteiger partial charge in [0.2, 0.25) is 5.43 Å². The molecule has 1 atom stereocenters. The molecule has 0 bridgehead atoms. The number of rotatable bonds is 4. The number of nitrogen functional groups attached to an aromatic ring is 1. The van der Waals surface area contributed by atoms with Crippen LogP contribution in [0.3, 0.4) is 0 Å². The molecule has 1 saturated carbocycles. The molecule has 0 amide bonds. The fraction of sp³-hybridized carbons (Fsp3) is 0.412. The molecular formula is C17H18F2N4O3. The molecule has 2 heterocycles. The molecule has 0 radical (unpaired) electrons. The molecule has 0 unspecified atom stereocenters. The van der Waals surface area contributed by atoms with E-state index in [2.05, 4.69) is 0 Å². The van der Waals surface area contributed by atoms with Gasteiger partial charge in [0, 0.05) is 31.4 Å². The minimum absolute atomic E-state index is 0.134. The fourth-order valence-corrected chi connectivity index (χ4v) is 3.58. The van der Waals surface area contributed by atoms with E-state index in [-0.39, 0.29) is 29.8 Å². The highest BCUT2D eigenvalue weighted by molar-refractivity contribution is 5.99. The lowest BCUT2D eigenvalue weighted by Gasteiger charge is -2.42. The number of anilines is 2. The summed E-state index contributed by atoms with van der Waals surface area (Å²) in [5.74, 6) is -3.40. The third kappa shape index (κ3) is 2.20. The first-order valence-corrected chi connectivity index (χ1v) is 8.42. The van der Waals surface area contributed by atoms with E-state index in [1.807, 2.05) is 0 Å². The average Bonchev–Trinajstić information content (AvgIpc) is 3.40. The summed E-state index contributed by atoms with van der Waals surface area (Å²) >= 11 is 0. The molecule has 1 saturated heterocycles. The van der Waals surface area contributed by atoms with Crippen LogP contribution in [-0.4, -0.2) is 34.8 Å². The van der Waals surface area contributed by atoms with Crippen molar-refractivity contribution in [2.45, 2.75) is 31.3 Å². The average molecular weight is 364 g/mol. The zero-order chi connectivity index (χ0) is 18.7. The number of benzene rings is 1. The van der Waals surface area contributed by atoms with Crippen LogP contribution in [0, 0.1) is 11.6 Å². The van der Waals surface area contributed by atoms with Crippen molar-refractivity contribution in [1.29, 1.82) is 0 Å². The van der Waals surface area contributed by atoms with E-state index in [0.29, 0.717) is 13.0 Å². The minimum Gasteiger partial charge on any atom is -0.477 e. The van der Waals surface area contributed by atoms with Gasteiger partial charge >= 0.3 is 5.97 Å². The molecule has 138 valence electrons. The Balaban J connectivity index is 2.10. The summed E-state index contributed by atoms with van der Waals surface area (Å²) in [6.07, 6.45) is 3.28. The summed E-state index contributed by atoms with van der Waals surface area (Å²) in [5, 5.41) is 8.86. The van der Waals surface area contributed by atoms with E-state index in [1.54, 1.807) is 0 Å². The highest BCUT2D eigenvalue weighted by Gasteiger charge is 2.36. The van der Waals surface area contributed by atoms with Crippen molar-refractivity contribution < 1.29 is 18.7 Å². The number of aromatic nitrogens is 1. The van der Waals surface area contributed by atoms with Gasteiger partial charge in [-0.1, -0.05) is 0 Å². The van der Waals surface area contributed by atoms with Crippen LogP contribution in [0.2, 0.25) is 0 Å². The second-order valence-electron chi connectivity index (χ2n) is 6.80. The molecule has 5 N–H and O–H groups in total. The lowest BCUT2D eigenvalue weighted by atomic mass is 9.99. The van der Waals surface area contributed by atoms with Crippen LogP contribution in [0.5, 0.6) is 0 Å². The Bertz CT molecular complexity index is 998. The third-order valence-electron chi connectivity index (χ3n) is 5.24. The molecule has 2 aliphatic rings. The topological polar surface area (TPSA) is 115 Å². The number of halogens is 2. The highest BCUT2D eigenvalue weighted by atomic mass is 19.1. The van der Waals surface area contributed by atoms with Crippen LogP contribution in [0.25, 0.3) is 10.9 Å². The summed E-state index contributed by atoms with van der Waals surface area (Å²) < 4.78 is 31.7. The number of fused-ring (bicyclic) bond motifs is 1. The number of aromatic carboxylic acids is 1. The maximum Gasteiger partial charge on any atom is 0.341 e. The van der Waals surface area contributed by atoms with Gasteiger partial charge in [-0.3, -0.25) is 4.79 Å². The third-order valence-corrected chi connectivity index (χ3v) is 5.24. The lowest BCUT2D eigenvalue weighted by molar-refractivity contribution is 0.0695. The molecule has 1 aromatic carbocycles. The van der Waals surface area contributed by atoms with Gasteiger partial charge in [-0.05, 0) is 19.3 Å². The monoisotopic (exact) mass is 364 g/mol. The van der Waals surface area contributed by atoms with E-state index in [9.17, 15) is 19.1 Å². The largest absolute Gasteiger partial charge is 0.477 e. The van der Waals surface area contributed by atoms with Crippen molar-refractivity contribution in [2.75, 3.05) is 23.7 Å².